The summed E-state index contributed by atoms with van der Waals surface area (Å²) in [6.45, 7) is 6.29. The van der Waals surface area contributed by atoms with E-state index in [-0.39, 0.29) is 0 Å². The molecule has 2 unspecified atom stereocenters. The first-order valence-corrected chi connectivity index (χ1v) is 5.24. The molecule has 1 fully saturated rings. The zero-order chi connectivity index (χ0) is 10.6. The van der Waals surface area contributed by atoms with Crippen molar-refractivity contribution in [1.82, 2.24) is 5.32 Å². The highest BCUT2D eigenvalue weighted by atomic mass is 16.4. The second-order valence-electron chi connectivity index (χ2n) is 4.07. The molecule has 3 nitrogen and oxygen atoms in total. The third-order valence-electron chi connectivity index (χ3n) is 3.19. The van der Waals surface area contributed by atoms with E-state index in [2.05, 4.69) is 18.8 Å². The summed E-state index contributed by atoms with van der Waals surface area (Å²) in [4.78, 5) is 11.2. The summed E-state index contributed by atoms with van der Waals surface area (Å²) in [5.41, 5.74) is -0.686. The van der Waals surface area contributed by atoms with E-state index in [4.69, 9.17) is 0 Å². The van der Waals surface area contributed by atoms with Crippen molar-refractivity contribution < 1.29 is 9.90 Å². The second-order valence-corrected chi connectivity index (χ2v) is 4.07. The van der Waals surface area contributed by atoms with E-state index in [0.29, 0.717) is 12.5 Å². The Hall–Kier alpha value is -0.830. The highest BCUT2D eigenvalue weighted by Crippen LogP contribution is 2.36. The van der Waals surface area contributed by atoms with E-state index in [1.54, 1.807) is 6.08 Å². The van der Waals surface area contributed by atoms with Crippen LogP contribution in [0.25, 0.3) is 0 Å². The van der Waals surface area contributed by atoms with Crippen molar-refractivity contribution in [1.29, 1.82) is 0 Å². The number of carboxylic acids is 1. The fourth-order valence-corrected chi connectivity index (χ4v) is 2.19. The molecule has 0 bridgehead atoms. The summed E-state index contributed by atoms with van der Waals surface area (Å²) in [6.07, 6.45) is 5.31. The molecular formula is C11H19NO2. The number of rotatable bonds is 5. The van der Waals surface area contributed by atoms with Gasteiger partial charge in [-0.15, -0.1) is 6.58 Å². The van der Waals surface area contributed by atoms with E-state index in [9.17, 15) is 9.90 Å². The summed E-state index contributed by atoms with van der Waals surface area (Å²) in [5.74, 6) is -0.154. The Morgan fingerprint density at radius 3 is 2.93 bits per heavy atom. The lowest BCUT2D eigenvalue weighted by atomic mass is 9.95. The van der Waals surface area contributed by atoms with Gasteiger partial charge in [0.25, 0.3) is 0 Å². The average Bonchev–Trinajstić information content (AvgIpc) is 2.59. The average molecular weight is 197 g/mol. The lowest BCUT2D eigenvalue weighted by Crippen LogP contribution is -2.50. The Balaban J connectivity index is 2.64. The van der Waals surface area contributed by atoms with Crippen LogP contribution in [0.3, 0.4) is 0 Å². The molecule has 1 aliphatic rings. The highest BCUT2D eigenvalue weighted by molar-refractivity contribution is 5.79. The SMILES string of the molecule is C=CCNC1(C(=O)O)CCC(CC)C1. The van der Waals surface area contributed by atoms with E-state index in [0.717, 1.165) is 25.7 Å². The van der Waals surface area contributed by atoms with Crippen molar-refractivity contribution >= 4 is 5.97 Å². The Morgan fingerprint density at radius 1 is 1.79 bits per heavy atom. The number of carboxylic acid groups (broad SMARTS) is 1. The van der Waals surface area contributed by atoms with Gasteiger partial charge in [0.15, 0.2) is 0 Å². The van der Waals surface area contributed by atoms with Crippen LogP contribution >= 0.6 is 0 Å². The summed E-state index contributed by atoms with van der Waals surface area (Å²) in [5, 5.41) is 12.3. The molecule has 0 aromatic rings. The topological polar surface area (TPSA) is 49.3 Å². The molecule has 0 spiro atoms. The molecule has 0 amide bonds. The van der Waals surface area contributed by atoms with Crippen LogP contribution in [-0.4, -0.2) is 23.2 Å². The maximum absolute atomic E-state index is 11.2. The lowest BCUT2D eigenvalue weighted by Gasteiger charge is -2.25. The summed E-state index contributed by atoms with van der Waals surface area (Å²) >= 11 is 0. The largest absolute Gasteiger partial charge is 0.480 e. The van der Waals surface area contributed by atoms with Crippen LogP contribution in [0.15, 0.2) is 12.7 Å². The molecule has 0 saturated heterocycles. The first-order chi connectivity index (χ1) is 6.64. The van der Waals surface area contributed by atoms with Gasteiger partial charge in [-0.2, -0.15) is 0 Å². The minimum atomic E-state index is -0.713. The molecule has 0 radical (unpaired) electrons. The Kier molecular flexibility index (Phi) is 3.69. The lowest BCUT2D eigenvalue weighted by molar-refractivity contribution is -0.144. The first-order valence-electron chi connectivity index (χ1n) is 5.24. The van der Waals surface area contributed by atoms with Crippen LogP contribution in [0.1, 0.15) is 32.6 Å². The molecule has 2 atom stereocenters. The predicted octanol–water partition coefficient (Wildman–Crippen LogP) is 1.80. The fraction of sp³-hybridized carbons (Fsp3) is 0.727. The van der Waals surface area contributed by atoms with Gasteiger partial charge >= 0.3 is 5.97 Å². The van der Waals surface area contributed by atoms with Crippen molar-refractivity contribution in [3.63, 3.8) is 0 Å². The Morgan fingerprint density at radius 2 is 2.50 bits per heavy atom. The number of aliphatic carboxylic acids is 1. The van der Waals surface area contributed by atoms with E-state index >= 15 is 0 Å². The minimum absolute atomic E-state index is 0.559. The minimum Gasteiger partial charge on any atom is -0.480 e. The molecule has 1 aliphatic carbocycles. The highest BCUT2D eigenvalue weighted by Gasteiger charge is 2.44. The van der Waals surface area contributed by atoms with Gasteiger partial charge < -0.3 is 5.11 Å². The van der Waals surface area contributed by atoms with Crippen LogP contribution in [0.4, 0.5) is 0 Å². The van der Waals surface area contributed by atoms with Crippen LogP contribution in [-0.2, 0) is 4.79 Å². The van der Waals surface area contributed by atoms with Gasteiger partial charge in [0.2, 0.25) is 0 Å². The standard InChI is InChI=1S/C11H19NO2/c1-3-7-12-11(10(13)14)6-5-9(4-2)8-11/h3,9,12H,1,4-8H2,2H3,(H,13,14). The van der Waals surface area contributed by atoms with Gasteiger partial charge in [-0.3, -0.25) is 10.1 Å². The van der Waals surface area contributed by atoms with Crippen LogP contribution in [0.5, 0.6) is 0 Å². The zero-order valence-electron chi connectivity index (χ0n) is 8.75. The number of hydrogen-bond donors (Lipinski definition) is 2. The second kappa shape index (κ2) is 4.60. The van der Waals surface area contributed by atoms with E-state index in [1.165, 1.54) is 0 Å². The Bertz CT molecular complexity index is 227. The van der Waals surface area contributed by atoms with Gasteiger partial charge in [-0.05, 0) is 25.2 Å². The monoisotopic (exact) mass is 197 g/mol. The van der Waals surface area contributed by atoms with Gasteiger partial charge in [0, 0.05) is 6.54 Å². The summed E-state index contributed by atoms with van der Waals surface area (Å²) in [6, 6.07) is 0. The maximum atomic E-state index is 11.2. The van der Waals surface area contributed by atoms with Crippen LogP contribution in [0.2, 0.25) is 0 Å². The Labute approximate surface area is 85.2 Å². The quantitative estimate of drug-likeness (QED) is 0.661. The van der Waals surface area contributed by atoms with Gasteiger partial charge in [-0.1, -0.05) is 19.4 Å². The number of hydrogen-bond acceptors (Lipinski definition) is 2. The molecule has 14 heavy (non-hydrogen) atoms. The normalized spacial score (nSPS) is 31.6. The third-order valence-corrected chi connectivity index (χ3v) is 3.19. The van der Waals surface area contributed by atoms with Crippen molar-refractivity contribution in [3.8, 4) is 0 Å². The van der Waals surface area contributed by atoms with E-state index in [1.807, 2.05) is 0 Å². The third kappa shape index (κ3) is 2.15. The first kappa shape index (κ1) is 11.2. The fourth-order valence-electron chi connectivity index (χ4n) is 2.19. The smallest absolute Gasteiger partial charge is 0.323 e. The number of nitrogens with one attached hydrogen (secondary N) is 1. The molecule has 3 heteroatoms. The van der Waals surface area contributed by atoms with Crippen LogP contribution < -0.4 is 5.32 Å². The summed E-state index contributed by atoms with van der Waals surface area (Å²) in [7, 11) is 0. The molecule has 0 aromatic carbocycles. The number of carbonyl (C=O) groups is 1. The summed E-state index contributed by atoms with van der Waals surface area (Å²) < 4.78 is 0. The van der Waals surface area contributed by atoms with Gasteiger partial charge in [0.1, 0.15) is 5.54 Å². The molecule has 0 aliphatic heterocycles. The zero-order valence-corrected chi connectivity index (χ0v) is 8.75. The van der Waals surface area contributed by atoms with Crippen molar-refractivity contribution in [2.24, 2.45) is 5.92 Å². The molecule has 0 heterocycles. The predicted molar refractivity (Wildman–Crippen MR) is 56.2 cm³/mol. The maximum Gasteiger partial charge on any atom is 0.323 e. The molecule has 80 valence electrons. The van der Waals surface area contributed by atoms with Crippen molar-refractivity contribution in [3.05, 3.63) is 12.7 Å². The molecule has 2 N–H and O–H groups in total. The molecule has 1 saturated carbocycles. The van der Waals surface area contributed by atoms with Crippen molar-refractivity contribution in [2.75, 3.05) is 6.54 Å². The molecule has 0 aromatic heterocycles. The van der Waals surface area contributed by atoms with Crippen LogP contribution in [0, 0.1) is 5.92 Å². The molecule has 1 rings (SSSR count). The van der Waals surface area contributed by atoms with Gasteiger partial charge in [0.05, 0.1) is 0 Å². The van der Waals surface area contributed by atoms with Gasteiger partial charge in [-0.25, -0.2) is 0 Å². The van der Waals surface area contributed by atoms with Crippen molar-refractivity contribution in [2.45, 2.75) is 38.1 Å². The molecular weight excluding hydrogens is 178 g/mol. The van der Waals surface area contributed by atoms with E-state index < -0.39 is 11.5 Å².